The van der Waals surface area contributed by atoms with Crippen LogP contribution >= 0.6 is 39.3 Å². The molecule has 0 saturated carbocycles. The van der Waals surface area contributed by atoms with E-state index < -0.39 is 0 Å². The lowest BCUT2D eigenvalue weighted by Gasteiger charge is -2.10. The van der Waals surface area contributed by atoms with E-state index in [2.05, 4.69) is 58.1 Å². The monoisotopic (exact) mass is 547 g/mol. The molecule has 0 amide bonds. The highest BCUT2D eigenvalue weighted by molar-refractivity contribution is 9.10. The van der Waals surface area contributed by atoms with Crippen LogP contribution in [0.15, 0.2) is 80.1 Å². The highest BCUT2D eigenvalue weighted by Crippen LogP contribution is 2.37. The molecule has 4 nitrogen and oxygen atoms in total. The Bertz CT molecular complexity index is 1010. The summed E-state index contributed by atoms with van der Waals surface area (Å²) in [6.07, 6.45) is 5.57. The second-order valence-corrected chi connectivity index (χ2v) is 10.1. The summed E-state index contributed by atoms with van der Waals surface area (Å²) in [7, 11) is 1.98. The van der Waals surface area contributed by atoms with E-state index in [1.165, 1.54) is 30.8 Å². The summed E-state index contributed by atoms with van der Waals surface area (Å²) in [6, 6.07) is 14.2. The van der Waals surface area contributed by atoms with Gasteiger partial charge in [0.05, 0.1) is 5.71 Å². The highest BCUT2D eigenvalue weighted by atomic mass is 79.9. The maximum Gasteiger partial charge on any atom is 0.123 e. The van der Waals surface area contributed by atoms with E-state index in [4.69, 9.17) is 16.6 Å². The number of aliphatic imine (C=N–C) groups is 1. The van der Waals surface area contributed by atoms with E-state index >= 15 is 0 Å². The SMILES string of the molecule is C=CCC=O.CC1=C(C)Sc2cc(Cl)ccc2C(c2cccc(Br)c2)=N1.CNN1CCCC1. The molecule has 1 fully saturated rings. The smallest absolute Gasteiger partial charge is 0.123 e. The molecule has 0 atom stereocenters. The van der Waals surface area contributed by atoms with Gasteiger partial charge in [0.25, 0.3) is 0 Å². The Balaban J connectivity index is 0.000000264. The molecular formula is C26H31BrClN3OS. The van der Waals surface area contributed by atoms with Crippen molar-refractivity contribution in [1.29, 1.82) is 0 Å². The van der Waals surface area contributed by atoms with Crippen molar-refractivity contribution in [2.24, 2.45) is 4.99 Å². The van der Waals surface area contributed by atoms with Gasteiger partial charge in [-0.3, -0.25) is 10.4 Å². The van der Waals surface area contributed by atoms with E-state index in [1.807, 2.05) is 38.2 Å². The number of benzene rings is 2. The number of hydrogen-bond donors (Lipinski definition) is 1. The average molecular weight is 549 g/mol. The van der Waals surface area contributed by atoms with Crippen LogP contribution in [-0.2, 0) is 4.79 Å². The van der Waals surface area contributed by atoms with Crippen LogP contribution < -0.4 is 5.43 Å². The van der Waals surface area contributed by atoms with Crippen LogP contribution in [0.5, 0.6) is 0 Å². The Labute approximate surface area is 215 Å². The molecule has 0 aromatic heterocycles. The lowest BCUT2D eigenvalue weighted by atomic mass is 10.0. The molecule has 7 heteroatoms. The van der Waals surface area contributed by atoms with Gasteiger partial charge in [-0.25, -0.2) is 5.01 Å². The first-order chi connectivity index (χ1) is 15.9. The fourth-order valence-electron chi connectivity index (χ4n) is 3.19. The summed E-state index contributed by atoms with van der Waals surface area (Å²) in [6.45, 7) is 9.93. The third-order valence-electron chi connectivity index (χ3n) is 5.03. The standard InChI is InChI=1S/C17H13BrClNS.C5H12N2.C4H6O/c1-10-11(2)21-16-9-14(19)6-7-15(16)17(20-10)12-4-3-5-13(18)8-12;1-6-7-4-2-3-5-7;1-2-3-4-5/h3-9H,1-2H3;6H,2-5H2,1H3;2,4H,1,3H2. The number of halogens is 2. The number of hydrazine groups is 1. The van der Waals surface area contributed by atoms with Crippen LogP contribution in [0.25, 0.3) is 0 Å². The number of thioether (sulfide) groups is 1. The quantitative estimate of drug-likeness (QED) is 0.322. The Morgan fingerprint density at radius 1 is 1.21 bits per heavy atom. The molecule has 0 spiro atoms. The van der Waals surface area contributed by atoms with E-state index in [1.54, 1.807) is 17.8 Å². The van der Waals surface area contributed by atoms with Crippen molar-refractivity contribution in [3.8, 4) is 0 Å². The number of nitrogens with one attached hydrogen (secondary N) is 1. The van der Waals surface area contributed by atoms with Crippen LogP contribution in [0.2, 0.25) is 5.02 Å². The van der Waals surface area contributed by atoms with Crippen molar-refractivity contribution < 1.29 is 4.79 Å². The average Bonchev–Trinajstić information content (AvgIpc) is 3.29. The maximum atomic E-state index is 9.33. The molecule has 176 valence electrons. The van der Waals surface area contributed by atoms with Gasteiger partial charge >= 0.3 is 0 Å². The summed E-state index contributed by atoms with van der Waals surface area (Å²) >= 11 is 11.4. The number of carbonyl (C=O) groups excluding carboxylic acids is 1. The zero-order chi connectivity index (χ0) is 24.2. The predicted molar refractivity (Wildman–Crippen MR) is 146 cm³/mol. The fourth-order valence-corrected chi connectivity index (χ4v) is 4.81. The number of aldehydes is 1. The van der Waals surface area contributed by atoms with Crippen LogP contribution in [0, 0.1) is 0 Å². The first kappa shape index (κ1) is 27.5. The van der Waals surface area contributed by atoms with Crippen molar-refractivity contribution in [1.82, 2.24) is 10.4 Å². The molecule has 33 heavy (non-hydrogen) atoms. The van der Waals surface area contributed by atoms with Crippen molar-refractivity contribution in [3.63, 3.8) is 0 Å². The van der Waals surface area contributed by atoms with Crippen molar-refractivity contribution >= 4 is 51.3 Å². The van der Waals surface area contributed by atoms with E-state index in [0.717, 1.165) is 43.2 Å². The van der Waals surface area contributed by atoms with Crippen LogP contribution in [-0.4, -0.2) is 37.1 Å². The topological polar surface area (TPSA) is 44.7 Å². The maximum absolute atomic E-state index is 9.33. The molecule has 1 N–H and O–H groups in total. The Morgan fingerprint density at radius 3 is 2.48 bits per heavy atom. The van der Waals surface area contributed by atoms with E-state index in [9.17, 15) is 4.79 Å². The van der Waals surface area contributed by atoms with Gasteiger partial charge in [-0.05, 0) is 58.0 Å². The zero-order valence-electron chi connectivity index (χ0n) is 19.4. The molecule has 2 aliphatic rings. The normalized spacial score (nSPS) is 15.2. The molecule has 0 unspecified atom stereocenters. The molecule has 0 bridgehead atoms. The molecule has 2 aliphatic heterocycles. The molecule has 2 aromatic rings. The van der Waals surface area contributed by atoms with Crippen LogP contribution in [0.1, 0.15) is 44.2 Å². The summed E-state index contributed by atoms with van der Waals surface area (Å²) in [5.41, 5.74) is 7.36. The summed E-state index contributed by atoms with van der Waals surface area (Å²) in [4.78, 5) is 16.5. The van der Waals surface area contributed by atoms with Gasteiger partial charge < -0.3 is 4.79 Å². The molecule has 2 heterocycles. The molecule has 0 aliphatic carbocycles. The minimum absolute atomic E-state index is 0.472. The highest BCUT2D eigenvalue weighted by Gasteiger charge is 2.18. The lowest BCUT2D eigenvalue weighted by Crippen LogP contribution is -2.31. The summed E-state index contributed by atoms with van der Waals surface area (Å²) in [5.74, 6) is 0. The molecule has 0 radical (unpaired) electrons. The largest absolute Gasteiger partial charge is 0.303 e. The van der Waals surface area contributed by atoms with Gasteiger partial charge in [-0.2, -0.15) is 0 Å². The van der Waals surface area contributed by atoms with Gasteiger partial charge in [0.2, 0.25) is 0 Å². The number of rotatable bonds is 4. The van der Waals surface area contributed by atoms with Gasteiger partial charge in [-0.1, -0.05) is 63.6 Å². The van der Waals surface area contributed by atoms with Gasteiger partial charge in [0.1, 0.15) is 6.29 Å². The van der Waals surface area contributed by atoms with Crippen LogP contribution in [0.4, 0.5) is 0 Å². The number of fused-ring (bicyclic) bond motifs is 1. The second kappa shape index (κ2) is 14.5. The van der Waals surface area contributed by atoms with Gasteiger partial charge in [0, 0.05) is 55.6 Å². The Morgan fingerprint density at radius 2 is 1.94 bits per heavy atom. The van der Waals surface area contributed by atoms with Crippen LogP contribution in [0.3, 0.4) is 0 Å². The van der Waals surface area contributed by atoms with E-state index in [0.29, 0.717) is 6.42 Å². The number of allylic oxidation sites excluding steroid dienone is 3. The van der Waals surface area contributed by atoms with Gasteiger partial charge in [-0.15, -0.1) is 6.58 Å². The van der Waals surface area contributed by atoms with E-state index in [-0.39, 0.29) is 0 Å². The lowest BCUT2D eigenvalue weighted by molar-refractivity contribution is -0.107. The summed E-state index contributed by atoms with van der Waals surface area (Å²) in [5, 5.41) is 2.99. The number of hydrogen-bond acceptors (Lipinski definition) is 5. The third kappa shape index (κ3) is 8.87. The molecule has 2 aromatic carbocycles. The third-order valence-corrected chi connectivity index (χ3v) is 6.92. The van der Waals surface area contributed by atoms with Gasteiger partial charge in [0.15, 0.2) is 0 Å². The molecular weight excluding hydrogens is 518 g/mol. The number of nitrogens with zero attached hydrogens (tertiary/aromatic N) is 2. The van der Waals surface area contributed by atoms with Crippen molar-refractivity contribution in [2.75, 3.05) is 20.1 Å². The van der Waals surface area contributed by atoms with Crippen molar-refractivity contribution in [2.45, 2.75) is 38.0 Å². The zero-order valence-corrected chi connectivity index (χ0v) is 22.6. The summed E-state index contributed by atoms with van der Waals surface area (Å²) < 4.78 is 1.05. The minimum atomic E-state index is 0.472. The Kier molecular flexibility index (Phi) is 12.1. The number of carbonyl (C=O) groups is 1. The first-order valence-electron chi connectivity index (χ1n) is 10.9. The molecule has 1 saturated heterocycles. The first-order valence-corrected chi connectivity index (χ1v) is 12.8. The Hall–Kier alpha value is -1.70. The minimum Gasteiger partial charge on any atom is -0.303 e. The van der Waals surface area contributed by atoms with Crippen molar-refractivity contribution in [3.05, 3.63) is 86.3 Å². The fraction of sp³-hybridized carbons (Fsp3) is 0.308. The predicted octanol–water partition coefficient (Wildman–Crippen LogP) is 7.28. The molecule has 4 rings (SSSR count). The second-order valence-electron chi connectivity index (χ2n) is 7.46.